The molecule has 1 amide bonds. The highest BCUT2D eigenvalue weighted by Crippen LogP contribution is 2.32. The largest absolute Gasteiger partial charge is 0.425 e. The van der Waals surface area contributed by atoms with Gasteiger partial charge in [-0.05, 0) is 26.7 Å². The van der Waals surface area contributed by atoms with Gasteiger partial charge in [0.1, 0.15) is 0 Å². The van der Waals surface area contributed by atoms with Crippen molar-refractivity contribution >= 4 is 5.91 Å². The van der Waals surface area contributed by atoms with Gasteiger partial charge in [0, 0.05) is 25.1 Å². The van der Waals surface area contributed by atoms with Crippen molar-refractivity contribution in [2.75, 3.05) is 6.54 Å². The van der Waals surface area contributed by atoms with Crippen LogP contribution in [-0.2, 0) is 6.42 Å². The van der Waals surface area contributed by atoms with Crippen molar-refractivity contribution in [2.24, 2.45) is 0 Å². The number of aromatic nitrogens is 3. The molecule has 0 saturated carbocycles. The van der Waals surface area contributed by atoms with Gasteiger partial charge in [0.15, 0.2) is 0 Å². The van der Waals surface area contributed by atoms with Crippen LogP contribution in [0.5, 0.6) is 0 Å². The van der Waals surface area contributed by atoms with Gasteiger partial charge in [0.05, 0.1) is 11.6 Å². The maximum Gasteiger partial charge on any atom is 0.292 e. The zero-order valence-electron chi connectivity index (χ0n) is 13.1. The zero-order chi connectivity index (χ0) is 15.7. The number of hydrogen-bond acceptors (Lipinski definition) is 6. The molecule has 1 saturated heterocycles. The molecule has 0 bridgehead atoms. The Hall–Kier alpha value is -2.18. The third kappa shape index (κ3) is 2.63. The fourth-order valence-corrected chi connectivity index (χ4v) is 2.93. The van der Waals surface area contributed by atoms with Gasteiger partial charge in [-0.1, -0.05) is 12.1 Å². The van der Waals surface area contributed by atoms with E-state index in [2.05, 4.69) is 15.4 Å². The van der Waals surface area contributed by atoms with Gasteiger partial charge in [-0.25, -0.2) is 0 Å². The SMILES string of the molecule is CCc1nnc([C@H]2CCCN(C(=O)c3cc(C)no3)[C@H]2C)o1. The van der Waals surface area contributed by atoms with Crippen LogP contribution in [0.1, 0.15) is 60.6 Å². The molecule has 0 radical (unpaired) electrons. The van der Waals surface area contributed by atoms with Gasteiger partial charge in [-0.3, -0.25) is 4.79 Å². The second-order valence-electron chi connectivity index (χ2n) is 5.71. The van der Waals surface area contributed by atoms with E-state index in [1.54, 1.807) is 13.0 Å². The Bertz CT molecular complexity index is 663. The predicted octanol–water partition coefficient (Wildman–Crippen LogP) is 2.34. The molecule has 0 N–H and O–H groups in total. The lowest BCUT2D eigenvalue weighted by Gasteiger charge is -2.37. The first-order valence-corrected chi connectivity index (χ1v) is 7.66. The normalized spacial score (nSPS) is 22.0. The number of carbonyl (C=O) groups is 1. The van der Waals surface area contributed by atoms with Crippen LogP contribution in [0.2, 0.25) is 0 Å². The van der Waals surface area contributed by atoms with Gasteiger partial charge in [-0.15, -0.1) is 10.2 Å². The maximum absolute atomic E-state index is 12.6. The molecule has 1 aliphatic heterocycles. The molecule has 7 nitrogen and oxygen atoms in total. The van der Waals surface area contributed by atoms with E-state index >= 15 is 0 Å². The van der Waals surface area contributed by atoms with Crippen molar-refractivity contribution in [1.29, 1.82) is 0 Å². The first kappa shape index (κ1) is 14.7. The third-order valence-electron chi connectivity index (χ3n) is 4.19. The smallest absolute Gasteiger partial charge is 0.292 e. The molecule has 1 fully saturated rings. The summed E-state index contributed by atoms with van der Waals surface area (Å²) >= 11 is 0. The molecular weight excluding hydrogens is 284 g/mol. The number of nitrogens with zero attached hydrogens (tertiary/aromatic N) is 4. The molecule has 0 spiro atoms. The number of likely N-dealkylation sites (tertiary alicyclic amines) is 1. The van der Waals surface area contributed by atoms with Crippen molar-refractivity contribution in [3.63, 3.8) is 0 Å². The zero-order valence-corrected chi connectivity index (χ0v) is 13.1. The van der Waals surface area contributed by atoms with Gasteiger partial charge in [-0.2, -0.15) is 0 Å². The van der Waals surface area contributed by atoms with Crippen molar-refractivity contribution in [3.05, 3.63) is 29.3 Å². The summed E-state index contributed by atoms with van der Waals surface area (Å²) in [7, 11) is 0. The van der Waals surface area contributed by atoms with E-state index in [4.69, 9.17) is 8.94 Å². The van der Waals surface area contributed by atoms with Crippen LogP contribution in [0.3, 0.4) is 0 Å². The van der Waals surface area contributed by atoms with Crippen molar-refractivity contribution in [1.82, 2.24) is 20.3 Å². The predicted molar refractivity (Wildman–Crippen MR) is 77.4 cm³/mol. The molecular formula is C15H20N4O3. The Kier molecular flexibility index (Phi) is 3.96. The number of amides is 1. The number of piperidine rings is 1. The van der Waals surface area contributed by atoms with E-state index in [1.165, 1.54) is 0 Å². The lowest BCUT2D eigenvalue weighted by Crippen LogP contribution is -2.45. The molecule has 2 aromatic rings. The number of aryl methyl sites for hydroxylation is 2. The minimum Gasteiger partial charge on any atom is -0.425 e. The highest BCUT2D eigenvalue weighted by atomic mass is 16.5. The van der Waals surface area contributed by atoms with Crippen LogP contribution in [0.15, 0.2) is 15.0 Å². The number of rotatable bonds is 3. The Morgan fingerprint density at radius 3 is 2.91 bits per heavy atom. The summed E-state index contributed by atoms with van der Waals surface area (Å²) in [5, 5.41) is 12.0. The van der Waals surface area contributed by atoms with Crippen LogP contribution in [0, 0.1) is 6.92 Å². The first-order valence-electron chi connectivity index (χ1n) is 7.66. The van der Waals surface area contributed by atoms with E-state index in [-0.39, 0.29) is 23.6 Å². The monoisotopic (exact) mass is 304 g/mol. The molecule has 2 atom stereocenters. The molecule has 0 aromatic carbocycles. The van der Waals surface area contributed by atoms with Gasteiger partial charge in [0.25, 0.3) is 5.91 Å². The van der Waals surface area contributed by atoms with Crippen LogP contribution in [-0.4, -0.2) is 38.7 Å². The molecule has 22 heavy (non-hydrogen) atoms. The molecule has 3 heterocycles. The molecule has 0 unspecified atom stereocenters. The third-order valence-corrected chi connectivity index (χ3v) is 4.19. The van der Waals surface area contributed by atoms with Gasteiger partial charge >= 0.3 is 0 Å². The van der Waals surface area contributed by atoms with Crippen molar-refractivity contribution < 1.29 is 13.7 Å². The van der Waals surface area contributed by atoms with Gasteiger partial charge in [0.2, 0.25) is 17.5 Å². The van der Waals surface area contributed by atoms with Crippen LogP contribution < -0.4 is 0 Å². The van der Waals surface area contributed by atoms with Crippen LogP contribution >= 0.6 is 0 Å². The summed E-state index contributed by atoms with van der Waals surface area (Å²) in [5.41, 5.74) is 0.703. The molecule has 3 rings (SSSR count). The highest BCUT2D eigenvalue weighted by Gasteiger charge is 2.36. The average molecular weight is 304 g/mol. The van der Waals surface area contributed by atoms with Crippen LogP contribution in [0.25, 0.3) is 0 Å². The summed E-state index contributed by atoms with van der Waals surface area (Å²) in [5.74, 6) is 1.47. The number of carbonyl (C=O) groups excluding carboxylic acids is 1. The molecule has 0 aliphatic carbocycles. The fourth-order valence-electron chi connectivity index (χ4n) is 2.93. The molecule has 1 aliphatic rings. The van der Waals surface area contributed by atoms with E-state index in [0.29, 0.717) is 30.4 Å². The molecule has 7 heteroatoms. The summed E-state index contributed by atoms with van der Waals surface area (Å²) in [6.45, 7) is 6.49. The Morgan fingerprint density at radius 2 is 2.27 bits per heavy atom. The second kappa shape index (κ2) is 5.90. The van der Waals surface area contributed by atoms with E-state index in [9.17, 15) is 4.79 Å². The molecule has 2 aromatic heterocycles. The van der Waals surface area contributed by atoms with E-state index in [0.717, 1.165) is 12.8 Å². The standard InChI is InChI=1S/C15H20N4O3/c1-4-13-16-17-14(21-13)11-6-5-7-19(10(11)3)15(20)12-8-9(2)18-22-12/h8,10-11H,4-7H2,1-3H3/t10-,11-/m0/s1. The molecule has 118 valence electrons. The Balaban J connectivity index is 1.80. The second-order valence-corrected chi connectivity index (χ2v) is 5.71. The highest BCUT2D eigenvalue weighted by molar-refractivity contribution is 5.91. The number of hydrogen-bond donors (Lipinski definition) is 0. The fraction of sp³-hybridized carbons (Fsp3) is 0.600. The lowest BCUT2D eigenvalue weighted by atomic mass is 9.90. The van der Waals surface area contributed by atoms with Crippen molar-refractivity contribution in [3.8, 4) is 0 Å². The van der Waals surface area contributed by atoms with Gasteiger partial charge < -0.3 is 13.8 Å². The Labute approximate surface area is 128 Å². The summed E-state index contributed by atoms with van der Waals surface area (Å²) in [6, 6.07) is 1.65. The van der Waals surface area contributed by atoms with E-state index in [1.807, 2.05) is 18.7 Å². The minimum absolute atomic E-state index is 0.0168. The van der Waals surface area contributed by atoms with E-state index < -0.39 is 0 Å². The minimum atomic E-state index is -0.131. The summed E-state index contributed by atoms with van der Waals surface area (Å²) in [6.07, 6.45) is 2.55. The van der Waals surface area contributed by atoms with Crippen molar-refractivity contribution in [2.45, 2.75) is 52.0 Å². The lowest BCUT2D eigenvalue weighted by molar-refractivity contribution is 0.0541. The quantitative estimate of drug-likeness (QED) is 0.865. The van der Waals surface area contributed by atoms with Crippen LogP contribution in [0.4, 0.5) is 0 Å². The topological polar surface area (TPSA) is 85.3 Å². The average Bonchev–Trinajstić information content (AvgIpc) is 3.15. The maximum atomic E-state index is 12.6. The first-order chi connectivity index (χ1) is 10.6. The summed E-state index contributed by atoms with van der Waals surface area (Å²) < 4.78 is 10.8. The Morgan fingerprint density at radius 1 is 1.45 bits per heavy atom. The summed E-state index contributed by atoms with van der Waals surface area (Å²) in [4.78, 5) is 14.4.